The molecular weight excluding hydrogens is 262 g/mol. The average molecular weight is 279 g/mol. The highest BCUT2D eigenvalue weighted by Gasteiger charge is 2.12. The number of hydrogen-bond acceptors (Lipinski definition) is 4. The molecule has 0 aliphatic carbocycles. The molecule has 0 spiro atoms. The van der Waals surface area contributed by atoms with Crippen LogP contribution in [0.2, 0.25) is 0 Å². The SMILES string of the molecule is CCS(=O)(=O)c1ccc(NC(C)c2ccco2)cc1. The minimum absolute atomic E-state index is 0.0311. The van der Waals surface area contributed by atoms with Crippen molar-refractivity contribution in [3.8, 4) is 0 Å². The number of anilines is 1. The molecule has 0 fully saturated rings. The van der Waals surface area contributed by atoms with Crippen LogP contribution in [0.3, 0.4) is 0 Å². The maximum absolute atomic E-state index is 11.7. The van der Waals surface area contributed by atoms with E-state index in [1.807, 2.05) is 19.1 Å². The molecule has 0 aliphatic heterocycles. The van der Waals surface area contributed by atoms with Crippen molar-refractivity contribution in [2.45, 2.75) is 24.8 Å². The molecule has 1 aromatic carbocycles. The summed E-state index contributed by atoms with van der Waals surface area (Å²) in [7, 11) is -3.13. The van der Waals surface area contributed by atoms with E-state index >= 15 is 0 Å². The zero-order valence-corrected chi connectivity index (χ0v) is 11.8. The van der Waals surface area contributed by atoms with Gasteiger partial charge in [-0.2, -0.15) is 0 Å². The molecule has 19 heavy (non-hydrogen) atoms. The van der Waals surface area contributed by atoms with Gasteiger partial charge >= 0.3 is 0 Å². The van der Waals surface area contributed by atoms with Gasteiger partial charge in [0.25, 0.3) is 0 Å². The Hall–Kier alpha value is -1.75. The lowest BCUT2D eigenvalue weighted by Crippen LogP contribution is -2.07. The maximum atomic E-state index is 11.7. The van der Waals surface area contributed by atoms with Gasteiger partial charge < -0.3 is 9.73 Å². The van der Waals surface area contributed by atoms with Crippen LogP contribution in [0.15, 0.2) is 52.0 Å². The molecular formula is C14H17NO3S. The molecule has 0 radical (unpaired) electrons. The van der Waals surface area contributed by atoms with Gasteiger partial charge in [-0.1, -0.05) is 6.92 Å². The van der Waals surface area contributed by atoms with Gasteiger partial charge in [-0.25, -0.2) is 8.42 Å². The molecule has 0 amide bonds. The molecule has 0 aliphatic rings. The van der Waals surface area contributed by atoms with Gasteiger partial charge in [0.1, 0.15) is 5.76 Å². The molecule has 0 bridgehead atoms. The highest BCUT2D eigenvalue weighted by Crippen LogP contribution is 2.21. The van der Waals surface area contributed by atoms with E-state index in [2.05, 4.69) is 5.32 Å². The summed E-state index contributed by atoms with van der Waals surface area (Å²) in [5.74, 6) is 0.952. The summed E-state index contributed by atoms with van der Waals surface area (Å²) in [6.45, 7) is 3.62. The Balaban J connectivity index is 2.11. The topological polar surface area (TPSA) is 59.3 Å². The van der Waals surface area contributed by atoms with Gasteiger partial charge in [0, 0.05) is 5.69 Å². The molecule has 1 unspecified atom stereocenters. The number of sulfone groups is 1. The van der Waals surface area contributed by atoms with Gasteiger partial charge in [0.2, 0.25) is 0 Å². The van der Waals surface area contributed by atoms with Crippen LogP contribution < -0.4 is 5.32 Å². The van der Waals surface area contributed by atoms with Crippen LogP contribution in [0.5, 0.6) is 0 Å². The van der Waals surface area contributed by atoms with E-state index in [-0.39, 0.29) is 11.8 Å². The van der Waals surface area contributed by atoms with Crippen LogP contribution in [-0.4, -0.2) is 14.2 Å². The lowest BCUT2D eigenvalue weighted by atomic mass is 10.2. The fourth-order valence-electron chi connectivity index (χ4n) is 1.78. The number of hydrogen-bond donors (Lipinski definition) is 1. The highest BCUT2D eigenvalue weighted by molar-refractivity contribution is 7.91. The molecule has 1 N–H and O–H groups in total. The van der Waals surface area contributed by atoms with Gasteiger partial charge in [-0.15, -0.1) is 0 Å². The molecule has 5 heteroatoms. The van der Waals surface area contributed by atoms with Gasteiger partial charge in [0.05, 0.1) is 23.0 Å². The van der Waals surface area contributed by atoms with Gasteiger partial charge in [-0.05, 0) is 43.3 Å². The monoisotopic (exact) mass is 279 g/mol. The quantitative estimate of drug-likeness (QED) is 0.912. The third-order valence-corrected chi connectivity index (χ3v) is 4.70. The zero-order valence-electron chi connectivity index (χ0n) is 11.0. The fraction of sp³-hybridized carbons (Fsp3) is 0.286. The van der Waals surface area contributed by atoms with E-state index < -0.39 is 9.84 Å². The van der Waals surface area contributed by atoms with Crippen molar-refractivity contribution in [3.05, 3.63) is 48.4 Å². The molecule has 1 heterocycles. The summed E-state index contributed by atoms with van der Waals surface area (Å²) in [6.07, 6.45) is 1.63. The molecule has 1 aromatic heterocycles. The first kappa shape index (κ1) is 13.7. The Kier molecular flexibility index (Phi) is 3.95. The first-order chi connectivity index (χ1) is 9.03. The van der Waals surface area contributed by atoms with Crippen LogP contribution in [0.1, 0.15) is 25.6 Å². The Morgan fingerprint density at radius 2 is 1.89 bits per heavy atom. The third kappa shape index (κ3) is 3.17. The average Bonchev–Trinajstić information content (AvgIpc) is 2.93. The molecule has 2 rings (SSSR count). The lowest BCUT2D eigenvalue weighted by Gasteiger charge is -2.13. The van der Waals surface area contributed by atoms with Gasteiger partial charge in [-0.3, -0.25) is 0 Å². The van der Waals surface area contributed by atoms with Crippen LogP contribution in [-0.2, 0) is 9.84 Å². The molecule has 4 nitrogen and oxygen atoms in total. The Morgan fingerprint density at radius 1 is 1.21 bits per heavy atom. The molecule has 0 saturated carbocycles. The Morgan fingerprint density at radius 3 is 2.42 bits per heavy atom. The fourth-order valence-corrected chi connectivity index (χ4v) is 2.67. The number of nitrogens with one attached hydrogen (secondary N) is 1. The predicted octanol–water partition coefficient (Wildman–Crippen LogP) is 3.25. The normalized spacial score (nSPS) is 13.2. The van der Waals surface area contributed by atoms with Crippen molar-refractivity contribution >= 4 is 15.5 Å². The summed E-state index contributed by atoms with van der Waals surface area (Å²) >= 11 is 0. The third-order valence-electron chi connectivity index (χ3n) is 2.95. The molecule has 102 valence electrons. The minimum Gasteiger partial charge on any atom is -0.467 e. The summed E-state index contributed by atoms with van der Waals surface area (Å²) in [5, 5.41) is 3.25. The van der Waals surface area contributed by atoms with Crippen LogP contribution in [0, 0.1) is 0 Å². The van der Waals surface area contributed by atoms with Crippen LogP contribution in [0.25, 0.3) is 0 Å². The minimum atomic E-state index is -3.13. The number of benzene rings is 1. The first-order valence-electron chi connectivity index (χ1n) is 6.15. The highest BCUT2D eigenvalue weighted by atomic mass is 32.2. The van der Waals surface area contributed by atoms with E-state index in [0.29, 0.717) is 4.90 Å². The van der Waals surface area contributed by atoms with Crippen LogP contribution in [0.4, 0.5) is 5.69 Å². The second-order valence-electron chi connectivity index (χ2n) is 4.31. The molecule has 2 aromatic rings. The second kappa shape index (κ2) is 5.48. The van der Waals surface area contributed by atoms with Crippen molar-refractivity contribution in [2.75, 3.05) is 11.1 Å². The predicted molar refractivity (Wildman–Crippen MR) is 74.9 cm³/mol. The summed E-state index contributed by atoms with van der Waals surface area (Å²) in [5.41, 5.74) is 0.860. The number of rotatable bonds is 5. The van der Waals surface area contributed by atoms with Crippen LogP contribution >= 0.6 is 0 Å². The Labute approximate surface area is 113 Å². The van der Waals surface area contributed by atoms with Gasteiger partial charge in [0.15, 0.2) is 9.84 Å². The van der Waals surface area contributed by atoms with Crippen molar-refractivity contribution < 1.29 is 12.8 Å². The van der Waals surface area contributed by atoms with E-state index in [1.54, 1.807) is 37.5 Å². The maximum Gasteiger partial charge on any atom is 0.178 e. The summed E-state index contributed by atoms with van der Waals surface area (Å²) in [4.78, 5) is 0.353. The van der Waals surface area contributed by atoms with E-state index in [1.165, 1.54) is 0 Å². The second-order valence-corrected chi connectivity index (χ2v) is 6.59. The molecule has 0 saturated heterocycles. The van der Waals surface area contributed by atoms with Crippen molar-refractivity contribution in [2.24, 2.45) is 0 Å². The standard InChI is InChI=1S/C14H17NO3S/c1-3-19(16,17)13-8-6-12(7-9-13)15-11(2)14-5-4-10-18-14/h4-11,15H,3H2,1-2H3. The smallest absolute Gasteiger partial charge is 0.178 e. The largest absolute Gasteiger partial charge is 0.467 e. The molecule has 1 atom stereocenters. The van der Waals surface area contributed by atoms with Crippen molar-refractivity contribution in [1.82, 2.24) is 0 Å². The zero-order chi connectivity index (χ0) is 13.9. The Bertz CT molecular complexity index is 615. The van der Waals surface area contributed by atoms with Crippen molar-refractivity contribution in [3.63, 3.8) is 0 Å². The van der Waals surface area contributed by atoms with E-state index in [9.17, 15) is 8.42 Å². The van der Waals surface area contributed by atoms with E-state index in [4.69, 9.17) is 4.42 Å². The van der Waals surface area contributed by atoms with E-state index in [0.717, 1.165) is 11.4 Å². The van der Waals surface area contributed by atoms with Crippen molar-refractivity contribution in [1.29, 1.82) is 0 Å². The number of furan rings is 1. The first-order valence-corrected chi connectivity index (χ1v) is 7.81. The summed E-state index contributed by atoms with van der Waals surface area (Å²) < 4.78 is 28.7. The lowest BCUT2D eigenvalue weighted by molar-refractivity contribution is 0.490. The summed E-state index contributed by atoms with van der Waals surface area (Å²) in [6, 6.07) is 10.5.